The van der Waals surface area contributed by atoms with Gasteiger partial charge in [0.25, 0.3) is 0 Å². The molecule has 5 heteroatoms. The summed E-state index contributed by atoms with van der Waals surface area (Å²) in [7, 11) is 0. The number of aromatic hydroxyl groups is 2. The van der Waals surface area contributed by atoms with Gasteiger partial charge in [-0.3, -0.25) is 0 Å². The number of aromatic nitrogens is 1. The van der Waals surface area contributed by atoms with Crippen molar-refractivity contribution in [3.05, 3.63) is 12.1 Å². The van der Waals surface area contributed by atoms with Crippen molar-refractivity contribution in [1.82, 2.24) is 4.73 Å². The maximum atomic E-state index is 10.8. The van der Waals surface area contributed by atoms with Gasteiger partial charge in [-0.2, -0.15) is 0 Å². The summed E-state index contributed by atoms with van der Waals surface area (Å²) in [4.78, 5) is 15.0. The summed E-state index contributed by atoms with van der Waals surface area (Å²) in [5.74, 6) is -2.68. The number of rotatable bonds is 1. The van der Waals surface area contributed by atoms with Gasteiger partial charge in [-0.05, 0) is 0 Å². The van der Waals surface area contributed by atoms with E-state index < -0.39 is 24.6 Å². The van der Waals surface area contributed by atoms with E-state index in [0.29, 0.717) is 4.73 Å². The Bertz CT molecular complexity index is 337. The van der Waals surface area contributed by atoms with Gasteiger partial charge < -0.3 is 15.1 Å². The fourth-order valence-electron chi connectivity index (χ4n) is 0.578. The molecule has 1 aromatic rings. The van der Waals surface area contributed by atoms with Gasteiger partial charge in [0.2, 0.25) is 11.8 Å². The van der Waals surface area contributed by atoms with Crippen molar-refractivity contribution in [3.63, 3.8) is 0 Å². The Morgan fingerprint density at radius 1 is 1.64 bits per heavy atom. The first-order valence-electron chi connectivity index (χ1n) is 4.15. The minimum Gasteiger partial charge on any atom is -0.492 e. The first-order valence-corrected chi connectivity index (χ1v) is 2.65. The summed E-state index contributed by atoms with van der Waals surface area (Å²) in [6.45, 7) is -2.94. The van der Waals surface area contributed by atoms with Gasteiger partial charge in [-0.25, -0.2) is 4.79 Å². The van der Waals surface area contributed by atoms with Crippen LogP contribution in [0.1, 0.15) is 11.0 Å². The Morgan fingerprint density at radius 2 is 2.18 bits per heavy atom. The van der Waals surface area contributed by atoms with Gasteiger partial charge in [-0.15, -0.1) is 4.73 Å². The minimum atomic E-state index is -2.94. The Morgan fingerprint density at radius 3 is 2.64 bits per heavy atom. The average molecular weight is 160 g/mol. The predicted molar refractivity (Wildman–Crippen MR) is 35.0 cm³/mol. The zero-order valence-electron chi connectivity index (χ0n) is 8.31. The molecule has 1 heterocycles. The van der Waals surface area contributed by atoms with Crippen LogP contribution in [0, 0.1) is 0 Å². The largest absolute Gasteiger partial charge is 0.492 e. The SMILES string of the molecule is [2H]C([2H])([2H])C(=O)On1c(O)ccc1O. The Balaban J connectivity index is 2.85. The normalized spacial score (nSPS) is 14.7. The smallest absolute Gasteiger partial charge is 0.330 e. The molecule has 0 aliphatic rings. The van der Waals surface area contributed by atoms with Crippen LogP contribution in [0.3, 0.4) is 0 Å². The first-order chi connectivity index (χ1) is 6.32. The van der Waals surface area contributed by atoms with Gasteiger partial charge in [-0.1, -0.05) is 0 Å². The number of nitrogens with zero attached hydrogens (tertiary/aromatic N) is 1. The molecule has 0 spiro atoms. The minimum absolute atomic E-state index is 0.314. The van der Waals surface area contributed by atoms with Crippen molar-refractivity contribution < 1.29 is 24.0 Å². The van der Waals surface area contributed by atoms with Gasteiger partial charge in [0.15, 0.2) is 0 Å². The van der Waals surface area contributed by atoms with Crippen molar-refractivity contribution in [3.8, 4) is 11.8 Å². The lowest BCUT2D eigenvalue weighted by Gasteiger charge is -2.02. The second-order valence-electron chi connectivity index (χ2n) is 1.72. The monoisotopic (exact) mass is 160 g/mol. The molecule has 0 fully saturated rings. The highest BCUT2D eigenvalue weighted by molar-refractivity contribution is 5.66. The molecule has 0 saturated carbocycles. The van der Waals surface area contributed by atoms with Crippen LogP contribution in [0.15, 0.2) is 12.1 Å². The highest BCUT2D eigenvalue weighted by Crippen LogP contribution is 2.18. The van der Waals surface area contributed by atoms with Crippen LogP contribution in [0.4, 0.5) is 0 Å². The molecule has 0 unspecified atom stereocenters. The summed E-state index contributed by atoms with van der Waals surface area (Å²) in [5.41, 5.74) is 0. The quantitative estimate of drug-likeness (QED) is 0.600. The molecule has 0 aliphatic carbocycles. The summed E-state index contributed by atoms with van der Waals surface area (Å²) in [6.07, 6.45) is 0. The maximum Gasteiger partial charge on any atom is 0.330 e. The first kappa shape index (κ1) is 4.27. The van der Waals surface area contributed by atoms with Crippen molar-refractivity contribution >= 4 is 5.97 Å². The van der Waals surface area contributed by atoms with Gasteiger partial charge >= 0.3 is 5.97 Å². The zero-order chi connectivity index (χ0) is 10.9. The second kappa shape index (κ2) is 2.53. The van der Waals surface area contributed by atoms with E-state index in [2.05, 4.69) is 4.84 Å². The molecule has 0 aliphatic heterocycles. The third kappa shape index (κ3) is 1.43. The molecule has 60 valence electrons. The highest BCUT2D eigenvalue weighted by Gasteiger charge is 2.07. The van der Waals surface area contributed by atoms with Crippen LogP contribution < -0.4 is 4.84 Å². The van der Waals surface area contributed by atoms with Crippen molar-refractivity contribution in [1.29, 1.82) is 0 Å². The van der Waals surface area contributed by atoms with Gasteiger partial charge in [0.05, 0.1) is 0 Å². The van der Waals surface area contributed by atoms with E-state index in [4.69, 9.17) is 14.3 Å². The Hall–Kier alpha value is -1.65. The number of carbonyl (C=O) groups excluding carboxylic acids is 1. The molecule has 1 aromatic heterocycles. The number of hydrogen-bond donors (Lipinski definition) is 2. The van der Waals surface area contributed by atoms with Crippen LogP contribution in [0.25, 0.3) is 0 Å². The molecule has 0 saturated heterocycles. The highest BCUT2D eigenvalue weighted by atomic mass is 16.7. The van der Waals surface area contributed by atoms with Crippen LogP contribution >= 0.6 is 0 Å². The molecule has 11 heavy (non-hydrogen) atoms. The van der Waals surface area contributed by atoms with Crippen LogP contribution in [0.2, 0.25) is 0 Å². The summed E-state index contributed by atoms with van der Waals surface area (Å²) >= 11 is 0. The van der Waals surface area contributed by atoms with Crippen LogP contribution in [-0.4, -0.2) is 20.9 Å². The van der Waals surface area contributed by atoms with Crippen LogP contribution in [-0.2, 0) is 4.79 Å². The van der Waals surface area contributed by atoms with Crippen molar-refractivity contribution in [2.24, 2.45) is 0 Å². The van der Waals surface area contributed by atoms with E-state index in [0.717, 1.165) is 12.1 Å². The van der Waals surface area contributed by atoms with Crippen molar-refractivity contribution in [2.45, 2.75) is 6.85 Å². The summed E-state index contributed by atoms with van der Waals surface area (Å²) in [5, 5.41) is 18.0. The average Bonchev–Trinajstić information content (AvgIpc) is 2.34. The van der Waals surface area contributed by atoms with E-state index in [1.54, 1.807) is 0 Å². The molecule has 0 atom stereocenters. The number of hydrogen-bond acceptors (Lipinski definition) is 4. The standard InChI is InChI=1S/C6H7NO4/c1-4(8)11-7-5(9)2-3-6(7)10/h2-3,9-10H,1H3/i1D3. The third-order valence-corrected chi connectivity index (χ3v) is 0.972. The van der Waals surface area contributed by atoms with E-state index in [-0.39, 0.29) is 0 Å². The van der Waals surface area contributed by atoms with Gasteiger partial charge in [0, 0.05) is 23.1 Å². The lowest BCUT2D eigenvalue weighted by molar-refractivity contribution is -0.142. The summed E-state index contributed by atoms with van der Waals surface area (Å²) in [6, 6.07) is 2.09. The lowest BCUT2D eigenvalue weighted by atomic mass is 10.6. The third-order valence-electron chi connectivity index (χ3n) is 0.972. The van der Waals surface area contributed by atoms with Crippen LogP contribution in [0.5, 0.6) is 11.8 Å². The lowest BCUT2D eigenvalue weighted by Crippen LogP contribution is -2.15. The zero-order valence-corrected chi connectivity index (χ0v) is 5.31. The summed E-state index contributed by atoms with van der Waals surface area (Å²) < 4.78 is 20.3. The van der Waals surface area contributed by atoms with E-state index in [9.17, 15) is 4.79 Å². The van der Waals surface area contributed by atoms with Gasteiger partial charge in [0.1, 0.15) is 0 Å². The van der Waals surface area contributed by atoms with E-state index >= 15 is 0 Å². The molecule has 2 N–H and O–H groups in total. The second-order valence-corrected chi connectivity index (χ2v) is 1.72. The molecule has 0 amide bonds. The maximum absolute atomic E-state index is 10.8. The molecule has 0 radical (unpaired) electrons. The fraction of sp³-hybridized carbons (Fsp3) is 0.167. The predicted octanol–water partition coefficient (Wildman–Crippen LogP) is -0.126. The Kier molecular flexibility index (Phi) is 0.983. The topological polar surface area (TPSA) is 71.7 Å². The van der Waals surface area contributed by atoms with Crippen molar-refractivity contribution in [2.75, 3.05) is 0 Å². The molecule has 0 aromatic carbocycles. The molecule has 1 rings (SSSR count). The molecular formula is C6H7NO4. The number of carbonyl (C=O) groups is 1. The molecule has 5 nitrogen and oxygen atoms in total. The fourth-order valence-corrected chi connectivity index (χ4v) is 0.578. The van der Waals surface area contributed by atoms with E-state index in [1.165, 1.54) is 0 Å². The molecule has 0 bridgehead atoms. The van der Waals surface area contributed by atoms with E-state index in [1.807, 2.05) is 0 Å². The molecular weight excluding hydrogens is 150 g/mol. The Labute approximate surface area is 66.6 Å².